The van der Waals surface area contributed by atoms with E-state index >= 15 is 4.39 Å². The number of ether oxygens (including phenoxy) is 4. The lowest BCUT2D eigenvalue weighted by Gasteiger charge is -2.32. The molecule has 122 heavy (non-hydrogen) atoms. The number of rotatable bonds is 19. The summed E-state index contributed by atoms with van der Waals surface area (Å²) in [5.74, 6) is -16.9. The van der Waals surface area contributed by atoms with E-state index in [0.717, 1.165) is 34.2 Å². The minimum atomic E-state index is -5.14. The number of anilines is 3. The molecule has 6 N–H and O–H groups in total. The number of carbonyl (C=O) groups is 1. The molecule has 0 radical (unpaired) electrons. The maximum atomic E-state index is 15.1. The number of piperidine rings is 3. The van der Waals surface area contributed by atoms with Gasteiger partial charge in [0.05, 0.1) is 40.4 Å². The van der Waals surface area contributed by atoms with Crippen LogP contribution in [-0.4, -0.2) is 141 Å². The molecule has 38 heteroatoms. The Morgan fingerprint density at radius 2 is 0.697 bits per heavy atom. The van der Waals surface area contributed by atoms with Crippen LogP contribution in [-0.2, 0) is 24.8 Å². The van der Waals surface area contributed by atoms with E-state index in [1.54, 1.807) is 65.6 Å². The lowest BCUT2D eigenvalue weighted by molar-refractivity contribution is -0.127. The lowest BCUT2D eigenvalue weighted by Crippen LogP contribution is -2.41. The predicted octanol–water partition coefficient (Wildman–Crippen LogP) is 15.8. The van der Waals surface area contributed by atoms with Gasteiger partial charge in [-0.3, -0.25) is 4.79 Å². The molecule has 9 heterocycles. The Labute approximate surface area is 689 Å². The van der Waals surface area contributed by atoms with E-state index in [2.05, 4.69) is 41.6 Å². The number of sulfonamides is 2. The van der Waals surface area contributed by atoms with Crippen LogP contribution in [0.1, 0.15) is 69.5 Å². The number of halogens is 9. The molecule has 14 aromatic rings. The summed E-state index contributed by atoms with van der Waals surface area (Å²) in [5.41, 5.74) is 23.7. The Morgan fingerprint density at radius 1 is 0.385 bits per heavy atom. The Kier molecular flexibility index (Phi) is 23.1. The summed E-state index contributed by atoms with van der Waals surface area (Å²) >= 11 is 0. The molecule has 8 aromatic carbocycles. The number of likely N-dealkylation sites (tertiary alicyclic amines) is 1. The molecular formula is C84H71F9N18O9S2. The molecule has 3 saturated heterocycles. The fraction of sp³-hybridized carbons (Fsp3) is 0.214. The fourth-order valence-electron chi connectivity index (χ4n) is 14.8. The standard InChI is InChI=1S/C31H26F4N6O4S.C28H21F5N6O3S.C25H24N6O2/c32-23-24(33)26(35)29(28(25(23)34)45-21-12-13-21)46(42,43)40-14-4-5-18(15-40)41-31-22(30(36)37-16-38-31)27(39-41)17-8-10-20(11-9-17)44-19-6-2-1-3-7-19;29-20-21(30)23(32)26(24(33)22(20)31)43(40,41)38-12-4-5-16(13-38)39-28-19(27(34)35-14-36-28)25(37-39)15-8-10-18(11-9-15)42-17-6-2-1-3-7-17;1-2-21(32)30-14-6-7-18(15-30)31-25-22(24(26)27-16-28-25)23(29-31)17-10-12-20(13-11-17)33-19-8-4-3-5-9-19/h1-3,6-11,16,18,21H,4-5,12-15H2,(H2,36,37,38);1-3,6-11,14,16H,4-5,12-13H2,(H2,34,35,36);2-5,8-13,16,18H,1,6-7,14-15H2,(H2,26,27,28)/t18-;16-;18-/m111/s1. The summed E-state index contributed by atoms with van der Waals surface area (Å²) in [4.78, 5) is 36.2. The van der Waals surface area contributed by atoms with Crippen LogP contribution in [0.5, 0.6) is 40.2 Å². The Bertz CT molecular complexity index is 6520. The van der Waals surface area contributed by atoms with Crippen LogP contribution in [0.15, 0.2) is 205 Å². The first-order valence-electron chi connectivity index (χ1n) is 38.3. The van der Waals surface area contributed by atoms with E-state index in [4.69, 9.17) is 46.3 Å². The zero-order chi connectivity index (χ0) is 85.4. The molecule has 1 aliphatic carbocycles. The number of fused-ring (bicyclic) bond motifs is 3. The maximum Gasteiger partial charge on any atom is 0.250 e. The van der Waals surface area contributed by atoms with Crippen LogP contribution in [0.4, 0.5) is 57.0 Å². The molecule has 0 bridgehead atoms. The molecule has 4 aliphatic rings. The highest BCUT2D eigenvalue weighted by molar-refractivity contribution is 7.89. The number of nitrogens with zero attached hydrogens (tertiary/aromatic N) is 15. The van der Waals surface area contributed by atoms with Crippen molar-refractivity contribution < 1.29 is 80.1 Å². The molecule has 27 nitrogen and oxygen atoms in total. The molecule has 18 rings (SSSR count). The van der Waals surface area contributed by atoms with Crippen molar-refractivity contribution in [1.29, 1.82) is 0 Å². The van der Waals surface area contributed by atoms with Gasteiger partial charge in [0.2, 0.25) is 43.4 Å². The van der Waals surface area contributed by atoms with Crippen LogP contribution in [0.25, 0.3) is 66.9 Å². The third kappa shape index (κ3) is 16.3. The van der Waals surface area contributed by atoms with E-state index < -0.39 is 106 Å². The van der Waals surface area contributed by atoms with E-state index in [0.29, 0.717) is 134 Å². The maximum absolute atomic E-state index is 15.1. The fourth-order valence-corrected chi connectivity index (χ4v) is 18.1. The first kappa shape index (κ1) is 82.1. The number of amides is 1. The van der Waals surface area contributed by atoms with Gasteiger partial charge in [0.25, 0.3) is 0 Å². The van der Waals surface area contributed by atoms with Crippen molar-refractivity contribution in [2.24, 2.45) is 0 Å². The van der Waals surface area contributed by atoms with E-state index in [-0.39, 0.29) is 61.8 Å². The van der Waals surface area contributed by atoms with Crippen molar-refractivity contribution in [3.63, 3.8) is 0 Å². The third-order valence-corrected chi connectivity index (χ3v) is 24.6. The van der Waals surface area contributed by atoms with Gasteiger partial charge >= 0.3 is 0 Å². The highest BCUT2D eigenvalue weighted by Crippen LogP contribution is 2.44. The Hall–Kier alpha value is -13.6. The molecule has 0 unspecified atom stereocenters. The van der Waals surface area contributed by atoms with Crippen molar-refractivity contribution >= 4 is 76.5 Å². The van der Waals surface area contributed by atoms with Crippen LogP contribution in [0, 0.1) is 52.4 Å². The molecule has 0 spiro atoms. The second-order valence-electron chi connectivity index (χ2n) is 28.8. The van der Waals surface area contributed by atoms with Crippen molar-refractivity contribution in [1.82, 2.24) is 72.8 Å². The Morgan fingerprint density at radius 3 is 1.05 bits per heavy atom. The number of hydrogen-bond donors (Lipinski definition) is 3. The predicted molar refractivity (Wildman–Crippen MR) is 430 cm³/mol. The van der Waals surface area contributed by atoms with E-state index in [1.807, 2.05) is 108 Å². The SMILES string of the molecule is C=CC(=O)N1CCC[C@@H](n2nc(-c3ccc(Oc4ccccc4)cc3)c3c(N)ncnc32)C1.Nc1ncnc2c1c(-c1ccc(Oc3ccccc3)cc1)nn2[C@@H]1CCCN(S(=O)(=O)c2c(F)c(F)c(F)c(F)c2F)C1.Nc1ncnc2c1c(-c1ccc(Oc3ccccc3)cc1)nn2[C@@H]1CCCN(S(=O)(=O)c2c(F)c(F)c(F)c(F)c2OC2CC2)C1. The van der Waals surface area contributed by atoms with Gasteiger partial charge in [0.15, 0.2) is 67.4 Å². The van der Waals surface area contributed by atoms with Gasteiger partial charge in [0, 0.05) is 56.0 Å². The van der Waals surface area contributed by atoms with Crippen LogP contribution < -0.4 is 36.1 Å². The van der Waals surface area contributed by atoms with Crippen molar-refractivity contribution in [3.05, 3.63) is 248 Å². The number of nitrogen functional groups attached to an aromatic ring is 3. The summed E-state index contributed by atoms with van der Waals surface area (Å²) in [6.45, 7) is 3.93. The Balaban J connectivity index is 0.000000138. The highest BCUT2D eigenvalue weighted by atomic mass is 32.2. The smallest absolute Gasteiger partial charge is 0.250 e. The molecule has 3 aliphatic heterocycles. The summed E-state index contributed by atoms with van der Waals surface area (Å²) in [7, 11) is -10.0. The zero-order valence-electron chi connectivity index (χ0n) is 64.1. The number of aromatic nitrogens is 12. The summed E-state index contributed by atoms with van der Waals surface area (Å²) < 4.78 is 212. The minimum Gasteiger partial charge on any atom is -0.486 e. The zero-order valence-corrected chi connectivity index (χ0v) is 65.8. The molecule has 4 fully saturated rings. The second-order valence-corrected chi connectivity index (χ2v) is 32.6. The summed E-state index contributed by atoms with van der Waals surface area (Å²) in [6.07, 6.45) is 8.60. The molecular weight excluding hydrogens is 1640 g/mol. The quantitative estimate of drug-likeness (QED) is 0.0293. The number of para-hydroxylation sites is 3. The van der Waals surface area contributed by atoms with Crippen molar-refractivity contribution in [2.45, 2.75) is 85.4 Å². The first-order chi connectivity index (χ1) is 58.8. The first-order valence-corrected chi connectivity index (χ1v) is 41.1. The van der Waals surface area contributed by atoms with Crippen molar-refractivity contribution in [3.8, 4) is 74.0 Å². The molecule has 1 amide bonds. The highest BCUT2D eigenvalue weighted by Gasteiger charge is 2.44. The van der Waals surface area contributed by atoms with Gasteiger partial charge in [-0.25, -0.2) is 95.9 Å². The molecule has 1 saturated carbocycles. The molecule has 3 atom stereocenters. The van der Waals surface area contributed by atoms with Gasteiger partial charge in [0.1, 0.15) is 88.0 Å². The number of benzene rings is 8. The summed E-state index contributed by atoms with van der Waals surface area (Å²) in [6, 6.07) is 48.4. The van der Waals surface area contributed by atoms with Gasteiger partial charge in [-0.15, -0.1) is 0 Å². The largest absolute Gasteiger partial charge is 0.486 e. The number of carbonyl (C=O) groups excluding carboxylic acids is 1. The molecule has 6 aromatic heterocycles. The second kappa shape index (κ2) is 34.3. The van der Waals surface area contributed by atoms with Crippen LogP contribution in [0.2, 0.25) is 0 Å². The van der Waals surface area contributed by atoms with Crippen LogP contribution >= 0.6 is 0 Å². The normalized spacial score (nSPS) is 16.5. The monoisotopic (exact) mass is 1710 g/mol. The minimum absolute atomic E-state index is 0.00566. The average molecular weight is 1710 g/mol. The van der Waals surface area contributed by atoms with Gasteiger partial charge in [-0.05, 0) is 167 Å². The topological polar surface area (TPSA) is 341 Å². The van der Waals surface area contributed by atoms with Crippen molar-refractivity contribution in [2.75, 3.05) is 56.5 Å². The lowest BCUT2D eigenvalue weighted by atomic mass is 10.1. The third-order valence-electron chi connectivity index (χ3n) is 20.9. The van der Waals surface area contributed by atoms with E-state index in [1.165, 1.54) is 34.4 Å². The van der Waals surface area contributed by atoms with Crippen LogP contribution in [0.3, 0.4) is 0 Å². The number of hydrogen-bond acceptors (Lipinski definition) is 21. The van der Waals surface area contributed by atoms with E-state index in [9.17, 15) is 56.8 Å². The summed E-state index contributed by atoms with van der Waals surface area (Å²) in [5, 5.41) is 15.9. The van der Waals surface area contributed by atoms with Gasteiger partial charge < -0.3 is 41.0 Å². The van der Waals surface area contributed by atoms with Gasteiger partial charge in [-0.1, -0.05) is 61.2 Å². The molecule has 626 valence electrons. The van der Waals surface area contributed by atoms with Gasteiger partial charge in [-0.2, -0.15) is 28.3 Å². The number of nitrogens with two attached hydrogens (primary N) is 3. The average Bonchev–Trinajstić information content (AvgIpc) is 0.986.